The molecule has 5 heteroatoms. The Kier molecular flexibility index (Phi) is 6.07. The van der Waals surface area contributed by atoms with Gasteiger partial charge in [-0.3, -0.25) is 9.59 Å². The topological polar surface area (TPSA) is 58.2 Å². The standard InChI is InChI=1S/C19H21FN2O2/c1-13(2)10-18(23)21-12-14-4-3-5-17(11-14)22-19(24)15-6-8-16(20)9-7-15/h3-9,11,13H,10,12H2,1-2H3,(H,21,23)(H,22,24). The summed E-state index contributed by atoms with van der Waals surface area (Å²) in [4.78, 5) is 23.8. The third kappa shape index (κ3) is 5.50. The highest BCUT2D eigenvalue weighted by Gasteiger charge is 2.08. The lowest BCUT2D eigenvalue weighted by atomic mass is 10.1. The molecule has 4 nitrogen and oxygen atoms in total. The fraction of sp³-hybridized carbons (Fsp3) is 0.263. The normalized spacial score (nSPS) is 10.5. The maximum Gasteiger partial charge on any atom is 0.255 e. The second kappa shape index (κ2) is 8.24. The first-order valence-electron chi connectivity index (χ1n) is 7.86. The Bertz CT molecular complexity index is 712. The van der Waals surface area contributed by atoms with Gasteiger partial charge in [-0.25, -0.2) is 4.39 Å². The highest BCUT2D eigenvalue weighted by atomic mass is 19.1. The molecular weight excluding hydrogens is 307 g/mol. The SMILES string of the molecule is CC(C)CC(=O)NCc1cccc(NC(=O)c2ccc(F)cc2)c1. The number of halogens is 1. The van der Waals surface area contributed by atoms with Crippen LogP contribution in [-0.2, 0) is 11.3 Å². The molecule has 0 saturated carbocycles. The van der Waals surface area contributed by atoms with E-state index in [0.29, 0.717) is 30.1 Å². The van der Waals surface area contributed by atoms with E-state index >= 15 is 0 Å². The summed E-state index contributed by atoms with van der Waals surface area (Å²) in [6.45, 7) is 4.39. The average molecular weight is 328 g/mol. The van der Waals surface area contributed by atoms with Crippen molar-refractivity contribution in [3.63, 3.8) is 0 Å². The average Bonchev–Trinajstić information content (AvgIpc) is 2.53. The minimum Gasteiger partial charge on any atom is -0.352 e. The number of hydrogen-bond acceptors (Lipinski definition) is 2. The second-order valence-corrected chi connectivity index (χ2v) is 6.04. The van der Waals surface area contributed by atoms with Crippen LogP contribution in [0.5, 0.6) is 0 Å². The predicted molar refractivity (Wildman–Crippen MR) is 92.1 cm³/mol. The van der Waals surface area contributed by atoms with Crippen molar-refractivity contribution in [2.24, 2.45) is 5.92 Å². The van der Waals surface area contributed by atoms with Crippen LogP contribution in [0.25, 0.3) is 0 Å². The number of benzene rings is 2. The molecule has 0 aromatic heterocycles. The van der Waals surface area contributed by atoms with Crippen LogP contribution in [0.15, 0.2) is 48.5 Å². The number of carbonyl (C=O) groups excluding carboxylic acids is 2. The highest BCUT2D eigenvalue weighted by Crippen LogP contribution is 2.13. The molecule has 2 aromatic rings. The van der Waals surface area contributed by atoms with Crippen molar-refractivity contribution in [3.05, 3.63) is 65.5 Å². The van der Waals surface area contributed by atoms with E-state index in [1.54, 1.807) is 12.1 Å². The van der Waals surface area contributed by atoms with Crippen molar-refractivity contribution in [2.75, 3.05) is 5.32 Å². The van der Waals surface area contributed by atoms with E-state index in [2.05, 4.69) is 10.6 Å². The zero-order chi connectivity index (χ0) is 17.5. The Morgan fingerprint density at radius 2 is 1.79 bits per heavy atom. The van der Waals surface area contributed by atoms with Crippen molar-refractivity contribution in [1.29, 1.82) is 0 Å². The fourth-order valence-corrected chi connectivity index (χ4v) is 2.21. The van der Waals surface area contributed by atoms with Gasteiger partial charge in [0.25, 0.3) is 5.91 Å². The van der Waals surface area contributed by atoms with Crippen LogP contribution in [-0.4, -0.2) is 11.8 Å². The van der Waals surface area contributed by atoms with Gasteiger partial charge in [0, 0.05) is 24.2 Å². The van der Waals surface area contributed by atoms with Gasteiger partial charge in [0.05, 0.1) is 0 Å². The summed E-state index contributed by atoms with van der Waals surface area (Å²) in [6, 6.07) is 12.6. The molecule has 126 valence electrons. The lowest BCUT2D eigenvalue weighted by Gasteiger charge is -2.10. The van der Waals surface area contributed by atoms with Crippen LogP contribution in [0.4, 0.5) is 10.1 Å². The molecule has 2 aromatic carbocycles. The first-order chi connectivity index (χ1) is 11.4. The molecule has 0 aliphatic carbocycles. The van der Waals surface area contributed by atoms with Crippen molar-refractivity contribution in [2.45, 2.75) is 26.8 Å². The minimum absolute atomic E-state index is 0.00532. The van der Waals surface area contributed by atoms with Crippen molar-refractivity contribution in [1.82, 2.24) is 5.32 Å². The summed E-state index contributed by atoms with van der Waals surface area (Å²) in [5, 5.41) is 5.62. The molecule has 0 saturated heterocycles. The Labute approximate surface area is 141 Å². The third-order valence-corrected chi connectivity index (χ3v) is 3.37. The van der Waals surface area contributed by atoms with E-state index in [1.165, 1.54) is 24.3 Å². The van der Waals surface area contributed by atoms with Gasteiger partial charge in [0.15, 0.2) is 0 Å². The monoisotopic (exact) mass is 328 g/mol. The van der Waals surface area contributed by atoms with Gasteiger partial charge < -0.3 is 10.6 Å². The summed E-state index contributed by atoms with van der Waals surface area (Å²) >= 11 is 0. The molecule has 0 atom stereocenters. The van der Waals surface area contributed by atoms with Crippen LogP contribution >= 0.6 is 0 Å². The summed E-state index contributed by atoms with van der Waals surface area (Å²) in [5.41, 5.74) is 1.90. The zero-order valence-electron chi connectivity index (χ0n) is 13.8. The summed E-state index contributed by atoms with van der Waals surface area (Å²) < 4.78 is 12.9. The fourth-order valence-electron chi connectivity index (χ4n) is 2.21. The molecule has 24 heavy (non-hydrogen) atoms. The van der Waals surface area contributed by atoms with Gasteiger partial charge in [-0.05, 0) is 47.9 Å². The van der Waals surface area contributed by atoms with E-state index in [4.69, 9.17) is 0 Å². The summed E-state index contributed by atoms with van der Waals surface area (Å²) in [5.74, 6) is -0.376. The molecule has 0 aliphatic rings. The summed E-state index contributed by atoms with van der Waals surface area (Å²) in [7, 11) is 0. The lowest BCUT2D eigenvalue weighted by Crippen LogP contribution is -2.24. The Balaban J connectivity index is 1.96. The van der Waals surface area contributed by atoms with E-state index in [9.17, 15) is 14.0 Å². The van der Waals surface area contributed by atoms with Gasteiger partial charge in [-0.1, -0.05) is 26.0 Å². The van der Waals surface area contributed by atoms with Gasteiger partial charge in [-0.2, -0.15) is 0 Å². The third-order valence-electron chi connectivity index (χ3n) is 3.37. The van der Waals surface area contributed by atoms with Gasteiger partial charge in [-0.15, -0.1) is 0 Å². The zero-order valence-corrected chi connectivity index (χ0v) is 13.8. The molecule has 0 unspecified atom stereocenters. The van der Waals surface area contributed by atoms with E-state index < -0.39 is 0 Å². The second-order valence-electron chi connectivity index (χ2n) is 6.04. The molecule has 2 amide bonds. The number of anilines is 1. The van der Waals surface area contributed by atoms with Gasteiger partial charge in [0.2, 0.25) is 5.91 Å². The van der Waals surface area contributed by atoms with Gasteiger partial charge in [0.1, 0.15) is 5.82 Å². The van der Waals surface area contributed by atoms with Crippen LogP contribution < -0.4 is 10.6 Å². The van der Waals surface area contributed by atoms with E-state index in [0.717, 1.165) is 5.56 Å². The number of nitrogens with one attached hydrogen (secondary N) is 2. The molecule has 0 fully saturated rings. The maximum absolute atomic E-state index is 12.9. The maximum atomic E-state index is 12.9. The van der Waals surface area contributed by atoms with E-state index in [1.807, 2.05) is 26.0 Å². The minimum atomic E-state index is -0.384. The number of amides is 2. The smallest absolute Gasteiger partial charge is 0.255 e. The first-order valence-corrected chi connectivity index (χ1v) is 7.86. The Morgan fingerprint density at radius 1 is 1.08 bits per heavy atom. The molecule has 0 bridgehead atoms. The van der Waals surface area contributed by atoms with Crippen LogP contribution in [0.1, 0.15) is 36.2 Å². The first kappa shape index (κ1) is 17.7. The van der Waals surface area contributed by atoms with E-state index in [-0.39, 0.29) is 17.6 Å². The molecule has 2 rings (SSSR count). The van der Waals surface area contributed by atoms with Crippen LogP contribution in [0, 0.1) is 11.7 Å². The Hall–Kier alpha value is -2.69. The number of carbonyl (C=O) groups is 2. The molecule has 0 radical (unpaired) electrons. The highest BCUT2D eigenvalue weighted by molar-refractivity contribution is 6.04. The quantitative estimate of drug-likeness (QED) is 0.848. The largest absolute Gasteiger partial charge is 0.352 e. The van der Waals surface area contributed by atoms with Gasteiger partial charge >= 0.3 is 0 Å². The number of rotatable bonds is 6. The molecule has 0 aliphatic heterocycles. The molecule has 2 N–H and O–H groups in total. The predicted octanol–water partition coefficient (Wildman–Crippen LogP) is 3.74. The number of hydrogen-bond donors (Lipinski definition) is 2. The van der Waals surface area contributed by atoms with Crippen LogP contribution in [0.3, 0.4) is 0 Å². The lowest BCUT2D eigenvalue weighted by molar-refractivity contribution is -0.121. The molecule has 0 heterocycles. The van der Waals surface area contributed by atoms with Crippen molar-refractivity contribution < 1.29 is 14.0 Å². The molecular formula is C19H21FN2O2. The molecule has 0 spiro atoms. The summed E-state index contributed by atoms with van der Waals surface area (Å²) in [6.07, 6.45) is 0.487. The van der Waals surface area contributed by atoms with Crippen molar-refractivity contribution >= 4 is 17.5 Å². The van der Waals surface area contributed by atoms with Crippen molar-refractivity contribution in [3.8, 4) is 0 Å². The Morgan fingerprint density at radius 3 is 2.46 bits per heavy atom. The van der Waals surface area contributed by atoms with Crippen LogP contribution in [0.2, 0.25) is 0 Å².